The average molecular weight is 204 g/mol. The van der Waals surface area contributed by atoms with Crippen molar-refractivity contribution in [2.24, 2.45) is 11.6 Å². The fraction of sp³-hybridized carbons (Fsp3) is 0.100. The van der Waals surface area contributed by atoms with E-state index in [0.29, 0.717) is 0 Å². The van der Waals surface area contributed by atoms with Crippen molar-refractivity contribution in [1.82, 2.24) is 10.4 Å². The van der Waals surface area contributed by atoms with Gasteiger partial charge in [-0.05, 0) is 6.07 Å². The highest BCUT2D eigenvalue weighted by molar-refractivity contribution is 5.91. The Balaban J connectivity index is 2.48. The number of hydrogen-bond donors (Lipinski definition) is 4. The van der Waals surface area contributed by atoms with Gasteiger partial charge in [-0.3, -0.25) is 10.2 Å². The van der Waals surface area contributed by atoms with Gasteiger partial charge in [-0.25, -0.2) is 5.84 Å². The molecule has 5 heteroatoms. The van der Waals surface area contributed by atoms with Crippen molar-refractivity contribution in [2.45, 2.75) is 6.04 Å². The molecule has 15 heavy (non-hydrogen) atoms. The van der Waals surface area contributed by atoms with E-state index in [4.69, 9.17) is 11.6 Å². The molecule has 1 amide bonds. The van der Waals surface area contributed by atoms with Crippen LogP contribution in [0.15, 0.2) is 30.5 Å². The fourth-order valence-electron chi connectivity index (χ4n) is 1.58. The van der Waals surface area contributed by atoms with Crippen molar-refractivity contribution in [3.05, 3.63) is 36.0 Å². The Morgan fingerprint density at radius 3 is 2.87 bits per heavy atom. The van der Waals surface area contributed by atoms with E-state index in [1.807, 2.05) is 29.7 Å². The topological polar surface area (TPSA) is 96.9 Å². The van der Waals surface area contributed by atoms with E-state index < -0.39 is 11.9 Å². The molecule has 2 aromatic rings. The lowest BCUT2D eigenvalue weighted by Crippen LogP contribution is -2.38. The van der Waals surface area contributed by atoms with Gasteiger partial charge < -0.3 is 10.7 Å². The summed E-state index contributed by atoms with van der Waals surface area (Å²) in [6.07, 6.45) is 1.73. The molecule has 0 spiro atoms. The molecule has 1 atom stereocenters. The first kappa shape index (κ1) is 9.70. The first-order valence-corrected chi connectivity index (χ1v) is 4.56. The van der Waals surface area contributed by atoms with Gasteiger partial charge in [0.05, 0.1) is 0 Å². The number of aromatic nitrogens is 1. The minimum absolute atomic E-state index is 0.403. The number of hydrogen-bond acceptors (Lipinski definition) is 3. The second-order valence-electron chi connectivity index (χ2n) is 3.28. The smallest absolute Gasteiger partial charge is 0.255 e. The van der Waals surface area contributed by atoms with Gasteiger partial charge in [0.1, 0.15) is 6.04 Å². The molecule has 1 aromatic carbocycles. The highest BCUT2D eigenvalue weighted by Gasteiger charge is 2.17. The van der Waals surface area contributed by atoms with E-state index in [9.17, 15) is 4.79 Å². The van der Waals surface area contributed by atoms with Crippen LogP contribution in [0.3, 0.4) is 0 Å². The maximum atomic E-state index is 11.3. The minimum atomic E-state index is -0.744. The van der Waals surface area contributed by atoms with E-state index in [2.05, 4.69) is 4.98 Å². The van der Waals surface area contributed by atoms with Crippen LogP contribution in [0, 0.1) is 0 Å². The normalized spacial score (nSPS) is 12.7. The van der Waals surface area contributed by atoms with Crippen LogP contribution in [0.1, 0.15) is 11.6 Å². The molecule has 0 aliphatic rings. The third-order valence-corrected chi connectivity index (χ3v) is 2.38. The summed E-state index contributed by atoms with van der Waals surface area (Å²) in [5, 5.41) is 0.939. The molecule has 0 saturated carbocycles. The van der Waals surface area contributed by atoms with Crippen LogP contribution < -0.4 is 17.0 Å². The fourth-order valence-corrected chi connectivity index (χ4v) is 1.58. The highest BCUT2D eigenvalue weighted by Crippen LogP contribution is 2.22. The van der Waals surface area contributed by atoms with Gasteiger partial charge in [-0.15, -0.1) is 0 Å². The number of benzene rings is 1. The molecule has 6 N–H and O–H groups in total. The number of aromatic amines is 1. The predicted octanol–water partition coefficient (Wildman–Crippen LogP) is 0.158. The molecule has 1 heterocycles. The molecule has 78 valence electrons. The molecule has 0 aliphatic carbocycles. The van der Waals surface area contributed by atoms with Crippen molar-refractivity contribution in [2.75, 3.05) is 0 Å². The van der Waals surface area contributed by atoms with Crippen LogP contribution in [-0.2, 0) is 4.79 Å². The maximum absolute atomic E-state index is 11.3. The predicted molar refractivity (Wildman–Crippen MR) is 57.6 cm³/mol. The molecular weight excluding hydrogens is 192 g/mol. The largest absolute Gasteiger partial charge is 0.361 e. The lowest BCUT2D eigenvalue weighted by Gasteiger charge is -2.08. The Morgan fingerprint density at radius 2 is 2.13 bits per heavy atom. The number of para-hydroxylation sites is 1. The second kappa shape index (κ2) is 3.72. The van der Waals surface area contributed by atoms with E-state index in [-0.39, 0.29) is 0 Å². The number of hydrazine groups is 1. The Hall–Kier alpha value is -1.85. The Kier molecular flexibility index (Phi) is 2.40. The summed E-state index contributed by atoms with van der Waals surface area (Å²) in [6, 6.07) is 6.90. The number of nitrogens with one attached hydrogen (secondary N) is 2. The molecule has 0 fully saturated rings. The van der Waals surface area contributed by atoms with Gasteiger partial charge in [0, 0.05) is 22.7 Å². The number of amides is 1. The molecule has 5 nitrogen and oxygen atoms in total. The van der Waals surface area contributed by atoms with E-state index in [0.717, 1.165) is 16.5 Å². The Bertz CT molecular complexity index is 491. The van der Waals surface area contributed by atoms with Crippen LogP contribution in [0.25, 0.3) is 10.9 Å². The van der Waals surface area contributed by atoms with Crippen LogP contribution in [0.2, 0.25) is 0 Å². The standard InChI is InChI=1S/C10H12N4O/c11-9(10(15)14-12)7-5-13-8-4-2-1-3-6(7)8/h1-5,9,13H,11-12H2,(H,14,15). The van der Waals surface area contributed by atoms with Crippen molar-refractivity contribution >= 4 is 16.8 Å². The monoisotopic (exact) mass is 204 g/mol. The summed E-state index contributed by atoms with van der Waals surface area (Å²) >= 11 is 0. The first-order chi connectivity index (χ1) is 7.24. The zero-order chi connectivity index (χ0) is 10.8. The van der Waals surface area contributed by atoms with Crippen molar-refractivity contribution < 1.29 is 4.79 Å². The minimum Gasteiger partial charge on any atom is -0.361 e. The molecule has 0 radical (unpaired) electrons. The molecule has 0 bridgehead atoms. The molecule has 0 saturated heterocycles. The molecule has 1 aromatic heterocycles. The van der Waals surface area contributed by atoms with E-state index >= 15 is 0 Å². The van der Waals surface area contributed by atoms with Gasteiger partial charge in [0.25, 0.3) is 5.91 Å². The second-order valence-corrected chi connectivity index (χ2v) is 3.28. The summed E-state index contributed by atoms with van der Waals surface area (Å²) in [7, 11) is 0. The van der Waals surface area contributed by atoms with Crippen LogP contribution >= 0.6 is 0 Å². The van der Waals surface area contributed by atoms with Gasteiger partial charge in [0.2, 0.25) is 0 Å². The summed E-state index contributed by atoms with van der Waals surface area (Å²) in [4.78, 5) is 14.3. The Labute approximate surface area is 86.4 Å². The van der Waals surface area contributed by atoms with E-state index in [1.54, 1.807) is 6.20 Å². The number of H-pyrrole nitrogens is 1. The SMILES string of the molecule is NNC(=O)C(N)c1c[nH]c2ccccc12. The number of fused-ring (bicyclic) bond motifs is 1. The molecule has 0 aliphatic heterocycles. The van der Waals surface area contributed by atoms with Crippen molar-refractivity contribution in [3.63, 3.8) is 0 Å². The van der Waals surface area contributed by atoms with Gasteiger partial charge in [-0.2, -0.15) is 0 Å². The zero-order valence-corrected chi connectivity index (χ0v) is 8.03. The maximum Gasteiger partial charge on any atom is 0.255 e. The summed E-state index contributed by atoms with van der Waals surface area (Å²) in [6.45, 7) is 0. The average Bonchev–Trinajstić information content (AvgIpc) is 2.70. The zero-order valence-electron chi connectivity index (χ0n) is 8.03. The highest BCUT2D eigenvalue weighted by atomic mass is 16.2. The van der Waals surface area contributed by atoms with Gasteiger partial charge >= 0.3 is 0 Å². The Morgan fingerprint density at radius 1 is 1.40 bits per heavy atom. The third kappa shape index (κ3) is 1.58. The van der Waals surface area contributed by atoms with Crippen molar-refractivity contribution in [1.29, 1.82) is 0 Å². The first-order valence-electron chi connectivity index (χ1n) is 4.56. The summed E-state index contributed by atoms with van der Waals surface area (Å²) in [5.41, 5.74) is 9.48. The van der Waals surface area contributed by atoms with Crippen LogP contribution in [-0.4, -0.2) is 10.9 Å². The number of nitrogens with two attached hydrogens (primary N) is 2. The molecule has 2 rings (SSSR count). The van der Waals surface area contributed by atoms with Gasteiger partial charge in [0.15, 0.2) is 0 Å². The third-order valence-electron chi connectivity index (χ3n) is 2.38. The van der Waals surface area contributed by atoms with Crippen LogP contribution in [0.5, 0.6) is 0 Å². The van der Waals surface area contributed by atoms with E-state index in [1.165, 1.54) is 0 Å². The number of rotatable bonds is 2. The number of carbonyl (C=O) groups excluding carboxylic acids is 1. The summed E-state index contributed by atoms with van der Waals surface area (Å²) < 4.78 is 0. The number of carbonyl (C=O) groups is 1. The van der Waals surface area contributed by atoms with Crippen LogP contribution in [0.4, 0.5) is 0 Å². The molecule has 1 unspecified atom stereocenters. The summed E-state index contributed by atoms with van der Waals surface area (Å²) in [5.74, 6) is 4.63. The van der Waals surface area contributed by atoms with Gasteiger partial charge in [-0.1, -0.05) is 18.2 Å². The van der Waals surface area contributed by atoms with Crippen molar-refractivity contribution in [3.8, 4) is 0 Å². The lowest BCUT2D eigenvalue weighted by atomic mass is 10.1. The molecular formula is C10H12N4O. The quantitative estimate of drug-likeness (QED) is 0.318. The lowest BCUT2D eigenvalue weighted by molar-refractivity contribution is -0.122.